The molecular weight excluding hydrogens is 500 g/mol. The van der Waals surface area contributed by atoms with E-state index in [1.807, 2.05) is 0 Å². The van der Waals surface area contributed by atoms with Crippen LogP contribution in [0.5, 0.6) is 0 Å². The molecule has 0 saturated heterocycles. The Balaban J connectivity index is 1.15. The van der Waals surface area contributed by atoms with E-state index in [-0.39, 0.29) is 19.0 Å². The predicted octanol–water partition coefficient (Wildman–Crippen LogP) is 3.50. The average molecular weight is 534 g/mol. The fraction of sp³-hybridized carbons (Fsp3) is 0.679. The predicted molar refractivity (Wildman–Crippen MR) is 127 cm³/mol. The second-order valence-electron chi connectivity index (χ2n) is 12.3. The third-order valence-electron chi connectivity index (χ3n) is 9.86. The van der Waals surface area contributed by atoms with Crippen molar-refractivity contribution in [3.05, 3.63) is 35.6 Å². The maximum Gasteiger partial charge on any atom is 0.342 e. The summed E-state index contributed by atoms with van der Waals surface area (Å²) in [5.74, 6) is -4.34. The van der Waals surface area contributed by atoms with E-state index in [4.69, 9.17) is 19.9 Å². The number of carboxylic acids is 1. The maximum absolute atomic E-state index is 15.3. The minimum absolute atomic E-state index is 0.0421. The summed E-state index contributed by atoms with van der Waals surface area (Å²) in [5, 5.41) is 9.48. The van der Waals surface area contributed by atoms with Crippen molar-refractivity contribution in [3.8, 4) is 0 Å². The van der Waals surface area contributed by atoms with E-state index in [2.05, 4.69) is 0 Å². The van der Waals surface area contributed by atoms with Gasteiger partial charge in [-0.2, -0.15) is 0 Å². The van der Waals surface area contributed by atoms with E-state index in [0.29, 0.717) is 23.3 Å². The lowest BCUT2D eigenvalue weighted by atomic mass is 9.49. The van der Waals surface area contributed by atoms with E-state index in [9.17, 15) is 23.9 Å². The molecule has 1 unspecified atom stereocenters. The molecule has 6 fully saturated rings. The normalized spacial score (nSPS) is 42.8. The smallest absolute Gasteiger partial charge is 0.342 e. The highest BCUT2D eigenvalue weighted by Gasteiger charge is 2.85. The maximum atomic E-state index is 15.3. The zero-order valence-electron chi connectivity index (χ0n) is 21.2. The minimum Gasteiger partial charge on any atom is -0.479 e. The zero-order chi connectivity index (χ0) is 27.0. The molecule has 0 heterocycles. The van der Waals surface area contributed by atoms with Gasteiger partial charge in [0.05, 0.1) is 18.1 Å². The Bertz CT molecular complexity index is 1120. The van der Waals surface area contributed by atoms with Crippen LogP contribution in [0.4, 0.5) is 8.78 Å². The lowest BCUT2D eigenvalue weighted by molar-refractivity contribution is -0.206. The van der Waals surface area contributed by atoms with Gasteiger partial charge in [0.25, 0.3) is 0 Å². The summed E-state index contributed by atoms with van der Waals surface area (Å²) in [6, 6.07) is 5.52. The number of rotatable bonds is 8. The van der Waals surface area contributed by atoms with Crippen LogP contribution < -0.4 is 5.73 Å². The second kappa shape index (κ2) is 8.71. The fourth-order valence-electron chi connectivity index (χ4n) is 8.49. The van der Waals surface area contributed by atoms with Gasteiger partial charge in [-0.1, -0.05) is 12.1 Å². The lowest BCUT2D eigenvalue weighted by Crippen LogP contribution is -2.61. The Morgan fingerprint density at radius 1 is 1.00 bits per heavy atom. The van der Waals surface area contributed by atoms with Gasteiger partial charge in [0.2, 0.25) is 12.0 Å². The molecule has 3 N–H and O–H groups in total. The number of fused-ring (bicyclic) bond motifs is 1. The Hall–Kier alpha value is -2.59. The van der Waals surface area contributed by atoms with Crippen molar-refractivity contribution in [2.24, 2.45) is 40.7 Å². The number of alkyl halides is 1. The van der Waals surface area contributed by atoms with Gasteiger partial charge in [0, 0.05) is 18.8 Å². The Kier molecular flexibility index (Phi) is 5.88. The number of carbonyl (C=O) groups excluding carboxylic acids is 2. The number of ether oxygens (including phenoxy) is 3. The molecule has 206 valence electrons. The van der Waals surface area contributed by atoms with Crippen molar-refractivity contribution in [1.29, 1.82) is 0 Å². The molecule has 1 aromatic rings. The second-order valence-corrected chi connectivity index (χ2v) is 12.3. The minimum atomic E-state index is -2.66. The van der Waals surface area contributed by atoms with Crippen molar-refractivity contribution < 1.29 is 42.5 Å². The molecule has 7 rings (SSSR count). The monoisotopic (exact) mass is 533 g/mol. The third kappa shape index (κ3) is 3.86. The summed E-state index contributed by atoms with van der Waals surface area (Å²) in [4.78, 5) is 38.3. The van der Waals surface area contributed by atoms with Gasteiger partial charge in [-0.05, 0) is 80.4 Å². The van der Waals surface area contributed by atoms with Gasteiger partial charge >= 0.3 is 17.9 Å². The van der Waals surface area contributed by atoms with Crippen LogP contribution in [0.15, 0.2) is 24.3 Å². The van der Waals surface area contributed by atoms with Gasteiger partial charge in [0.1, 0.15) is 11.4 Å². The topological polar surface area (TPSA) is 125 Å². The van der Waals surface area contributed by atoms with Crippen LogP contribution in [0.1, 0.15) is 57.4 Å². The highest BCUT2D eigenvalue weighted by atomic mass is 19.1. The van der Waals surface area contributed by atoms with Crippen molar-refractivity contribution >= 4 is 17.9 Å². The summed E-state index contributed by atoms with van der Waals surface area (Å²) in [7, 11) is 0. The first-order valence-corrected chi connectivity index (χ1v) is 13.4. The summed E-state index contributed by atoms with van der Waals surface area (Å²) in [6.45, 7) is 1.37. The van der Waals surface area contributed by atoms with Gasteiger partial charge < -0.3 is 25.1 Å². The number of hydrogen-bond acceptors (Lipinski definition) is 7. The van der Waals surface area contributed by atoms with Crippen LogP contribution in [0, 0.1) is 40.8 Å². The molecular formula is C28H33F2NO7. The van der Waals surface area contributed by atoms with E-state index in [1.54, 1.807) is 0 Å². The first kappa shape index (κ1) is 25.7. The molecule has 6 aliphatic carbocycles. The number of nitrogens with two attached hydrogens (primary N) is 1. The molecule has 0 amide bonds. The van der Waals surface area contributed by atoms with Gasteiger partial charge in [-0.3, -0.25) is 4.79 Å². The SMILES string of the molecule is C[C@@H](OC(=O)C12CC3CC(CC(C3)C1)C2)OC(=O)[C@@]1(N)C2[C@@H](C[C@H]1OCc1ccc(F)cc1)[C@]2(F)C(=O)O. The number of benzene rings is 1. The number of aliphatic carboxylic acids is 1. The zero-order valence-corrected chi connectivity index (χ0v) is 21.2. The molecule has 10 heteroatoms. The molecule has 0 radical (unpaired) electrons. The largest absolute Gasteiger partial charge is 0.479 e. The van der Waals surface area contributed by atoms with E-state index in [1.165, 1.54) is 31.2 Å². The molecule has 6 atom stereocenters. The molecule has 0 aromatic heterocycles. The van der Waals surface area contributed by atoms with Crippen molar-refractivity contribution in [1.82, 2.24) is 0 Å². The van der Waals surface area contributed by atoms with Gasteiger partial charge in [-0.15, -0.1) is 0 Å². The van der Waals surface area contributed by atoms with Crippen LogP contribution in [0.25, 0.3) is 0 Å². The summed E-state index contributed by atoms with van der Waals surface area (Å²) in [6.07, 6.45) is 3.40. The quantitative estimate of drug-likeness (QED) is 0.384. The van der Waals surface area contributed by atoms with Crippen molar-refractivity contribution in [2.45, 2.75) is 82.1 Å². The molecule has 6 aliphatic rings. The molecule has 0 aliphatic heterocycles. The van der Waals surface area contributed by atoms with E-state index < -0.39 is 58.6 Å². The first-order chi connectivity index (χ1) is 18.0. The number of esters is 2. The number of carbonyl (C=O) groups is 3. The highest BCUT2D eigenvalue weighted by Crippen LogP contribution is 2.67. The Morgan fingerprint density at radius 2 is 1.55 bits per heavy atom. The average Bonchev–Trinajstić information content (AvgIpc) is 3.33. The first-order valence-electron chi connectivity index (χ1n) is 13.4. The summed E-state index contributed by atoms with van der Waals surface area (Å²) < 4.78 is 45.4. The number of halogens is 2. The van der Waals surface area contributed by atoms with Crippen molar-refractivity contribution in [3.63, 3.8) is 0 Å². The summed E-state index contributed by atoms with van der Waals surface area (Å²) in [5.41, 5.74) is 1.74. The molecule has 8 nitrogen and oxygen atoms in total. The molecule has 0 spiro atoms. The Morgan fingerprint density at radius 3 is 2.11 bits per heavy atom. The highest BCUT2D eigenvalue weighted by molar-refractivity contribution is 5.91. The van der Waals surface area contributed by atoms with Crippen LogP contribution >= 0.6 is 0 Å². The molecule has 38 heavy (non-hydrogen) atoms. The third-order valence-corrected chi connectivity index (χ3v) is 9.86. The fourth-order valence-corrected chi connectivity index (χ4v) is 8.49. The van der Waals surface area contributed by atoms with Crippen LogP contribution in [0.2, 0.25) is 0 Å². The van der Waals surface area contributed by atoms with Gasteiger partial charge in [-0.25, -0.2) is 18.4 Å². The Labute approximate surface area is 219 Å². The molecule has 6 saturated carbocycles. The van der Waals surface area contributed by atoms with Crippen LogP contribution in [0.3, 0.4) is 0 Å². The van der Waals surface area contributed by atoms with Gasteiger partial charge in [0.15, 0.2) is 0 Å². The molecule has 1 aromatic carbocycles. The van der Waals surface area contributed by atoms with Crippen LogP contribution in [-0.4, -0.2) is 46.6 Å². The van der Waals surface area contributed by atoms with E-state index in [0.717, 1.165) is 38.5 Å². The van der Waals surface area contributed by atoms with Crippen molar-refractivity contribution in [2.75, 3.05) is 0 Å². The number of hydrogen-bond donors (Lipinski definition) is 2. The number of carboxylic acid groups (broad SMARTS) is 1. The molecule has 4 bridgehead atoms. The van der Waals surface area contributed by atoms with Crippen LogP contribution in [-0.2, 0) is 35.2 Å². The summed E-state index contributed by atoms with van der Waals surface area (Å²) >= 11 is 0. The van der Waals surface area contributed by atoms with E-state index >= 15 is 4.39 Å². The lowest BCUT2D eigenvalue weighted by Gasteiger charge is -2.55. The standard InChI is InChI=1S/C28H33F2NO7/c1-14(37-24(34)26-10-16-6-17(11-26)8-18(7-16)12-26)38-25(35)28(31)21(9-20-22(28)27(20,30)23(32)33)36-13-15-2-4-19(29)5-3-15/h2-5,14,16-18,20-22H,6-13,31H2,1H3,(H,32,33)/t14-,16?,17?,18?,20+,21+,22?,26?,27+,28-/m0/s1.